The van der Waals surface area contributed by atoms with Crippen molar-refractivity contribution in [3.63, 3.8) is 0 Å². The molecular weight excluding hydrogens is 356 g/mol. The number of amides is 2. The Labute approximate surface area is 166 Å². The van der Waals surface area contributed by atoms with Crippen molar-refractivity contribution in [2.45, 2.75) is 26.3 Å². The average molecular weight is 384 g/mol. The van der Waals surface area contributed by atoms with E-state index in [-0.39, 0.29) is 24.4 Å². The lowest BCUT2D eigenvalue weighted by Crippen LogP contribution is -2.41. The van der Waals surface area contributed by atoms with E-state index in [1.165, 1.54) is 6.92 Å². The number of carbonyl (C=O) groups excluding carboxylic acids is 2. The molecule has 0 aliphatic carbocycles. The van der Waals surface area contributed by atoms with Crippen molar-refractivity contribution < 1.29 is 19.1 Å². The lowest BCUT2D eigenvalue weighted by Gasteiger charge is -2.22. The van der Waals surface area contributed by atoms with E-state index >= 15 is 0 Å². The smallest absolute Gasteiger partial charge is 0.240 e. The van der Waals surface area contributed by atoms with E-state index in [4.69, 9.17) is 9.47 Å². The molecule has 0 fully saturated rings. The Morgan fingerprint density at radius 1 is 1.04 bits per heavy atom. The summed E-state index contributed by atoms with van der Waals surface area (Å²) < 4.78 is 10.6. The molecule has 2 aromatic carbocycles. The lowest BCUT2D eigenvalue weighted by atomic mass is 10.1. The first kappa shape index (κ1) is 21.3. The normalized spacial score (nSPS) is 11.4. The summed E-state index contributed by atoms with van der Waals surface area (Å²) in [5.74, 6) is 0.981. The predicted octanol–water partition coefficient (Wildman–Crippen LogP) is 2.97. The summed E-state index contributed by atoms with van der Waals surface area (Å²) in [6, 6.07) is 15.3. The highest BCUT2D eigenvalue weighted by Gasteiger charge is 2.16. The Morgan fingerprint density at radius 3 is 2.32 bits per heavy atom. The molecule has 1 unspecified atom stereocenters. The van der Waals surface area contributed by atoms with Gasteiger partial charge in [-0.05, 0) is 36.6 Å². The molecule has 0 radical (unpaired) electrons. The van der Waals surface area contributed by atoms with Crippen LogP contribution in [0.5, 0.6) is 11.5 Å². The summed E-state index contributed by atoms with van der Waals surface area (Å²) in [4.78, 5) is 25.9. The number of benzene rings is 2. The number of hydrogen-bond donors (Lipinski definition) is 1. The second kappa shape index (κ2) is 10.3. The van der Waals surface area contributed by atoms with Crippen molar-refractivity contribution in [3.05, 3.63) is 59.7 Å². The summed E-state index contributed by atoms with van der Waals surface area (Å²) in [6.45, 7) is 3.87. The number of methoxy groups -OCH3 is 2. The van der Waals surface area contributed by atoms with Crippen LogP contribution in [0.15, 0.2) is 48.5 Å². The molecule has 0 aromatic heterocycles. The van der Waals surface area contributed by atoms with Crippen molar-refractivity contribution in [2.24, 2.45) is 0 Å². The molecule has 6 heteroatoms. The molecule has 150 valence electrons. The quantitative estimate of drug-likeness (QED) is 0.722. The fraction of sp³-hybridized carbons (Fsp3) is 0.364. The van der Waals surface area contributed by atoms with Crippen LogP contribution in [0, 0.1) is 0 Å². The number of nitrogens with one attached hydrogen (secondary N) is 1. The number of hydrogen-bond acceptors (Lipinski definition) is 4. The molecule has 0 heterocycles. The standard InChI is InChI=1S/C22H28N2O4/c1-16(19-8-6-5-7-9-19)23-22(26)15-24(17(2)25)13-12-18-10-11-20(27-3)21(14-18)28-4/h5-11,14,16H,12-13,15H2,1-4H3,(H,23,26). The van der Waals surface area contributed by atoms with E-state index in [0.29, 0.717) is 24.5 Å². The van der Waals surface area contributed by atoms with Crippen LogP contribution >= 0.6 is 0 Å². The van der Waals surface area contributed by atoms with E-state index < -0.39 is 0 Å². The Hall–Kier alpha value is -3.02. The van der Waals surface area contributed by atoms with Gasteiger partial charge >= 0.3 is 0 Å². The summed E-state index contributed by atoms with van der Waals surface area (Å²) >= 11 is 0. The lowest BCUT2D eigenvalue weighted by molar-refractivity contribution is -0.134. The van der Waals surface area contributed by atoms with E-state index in [9.17, 15) is 9.59 Å². The van der Waals surface area contributed by atoms with Gasteiger partial charge in [0.25, 0.3) is 0 Å². The molecule has 0 saturated heterocycles. The van der Waals surface area contributed by atoms with Gasteiger partial charge in [0.15, 0.2) is 11.5 Å². The van der Waals surface area contributed by atoms with Crippen LogP contribution in [0.4, 0.5) is 0 Å². The molecule has 2 amide bonds. The molecule has 1 N–H and O–H groups in total. The molecule has 28 heavy (non-hydrogen) atoms. The molecule has 0 aliphatic rings. The van der Waals surface area contributed by atoms with Crippen molar-refractivity contribution >= 4 is 11.8 Å². The first-order valence-electron chi connectivity index (χ1n) is 9.25. The van der Waals surface area contributed by atoms with Crippen molar-refractivity contribution in [1.29, 1.82) is 0 Å². The van der Waals surface area contributed by atoms with E-state index in [0.717, 1.165) is 11.1 Å². The van der Waals surface area contributed by atoms with Gasteiger partial charge in [0.2, 0.25) is 11.8 Å². The van der Waals surface area contributed by atoms with Crippen LogP contribution in [0.2, 0.25) is 0 Å². The van der Waals surface area contributed by atoms with Crippen LogP contribution in [0.25, 0.3) is 0 Å². The van der Waals surface area contributed by atoms with E-state index in [1.54, 1.807) is 19.1 Å². The predicted molar refractivity (Wildman–Crippen MR) is 109 cm³/mol. The number of carbonyl (C=O) groups is 2. The Bertz CT molecular complexity index is 792. The first-order chi connectivity index (χ1) is 13.4. The van der Waals surface area contributed by atoms with Gasteiger partial charge < -0.3 is 19.7 Å². The van der Waals surface area contributed by atoms with Gasteiger partial charge in [0.1, 0.15) is 0 Å². The van der Waals surface area contributed by atoms with Gasteiger partial charge in [0, 0.05) is 13.5 Å². The van der Waals surface area contributed by atoms with Crippen molar-refractivity contribution in [1.82, 2.24) is 10.2 Å². The third-order valence-electron chi connectivity index (χ3n) is 4.58. The zero-order chi connectivity index (χ0) is 20.5. The van der Waals surface area contributed by atoms with Crippen LogP contribution in [-0.4, -0.2) is 44.0 Å². The zero-order valence-corrected chi connectivity index (χ0v) is 16.9. The fourth-order valence-electron chi connectivity index (χ4n) is 2.93. The Morgan fingerprint density at radius 2 is 1.71 bits per heavy atom. The molecule has 2 aromatic rings. The minimum absolute atomic E-state index is 0.0276. The van der Waals surface area contributed by atoms with Crippen LogP contribution in [0.1, 0.15) is 31.0 Å². The van der Waals surface area contributed by atoms with Crippen LogP contribution < -0.4 is 14.8 Å². The van der Waals surface area contributed by atoms with Crippen molar-refractivity contribution in [3.8, 4) is 11.5 Å². The van der Waals surface area contributed by atoms with Crippen molar-refractivity contribution in [2.75, 3.05) is 27.3 Å². The molecular formula is C22H28N2O4. The number of ether oxygens (including phenoxy) is 2. The van der Waals surface area contributed by atoms with E-state index in [2.05, 4.69) is 5.32 Å². The number of rotatable bonds is 9. The minimum Gasteiger partial charge on any atom is -0.493 e. The zero-order valence-electron chi connectivity index (χ0n) is 16.9. The minimum atomic E-state index is -0.182. The highest BCUT2D eigenvalue weighted by Crippen LogP contribution is 2.27. The molecule has 0 bridgehead atoms. The molecule has 0 aliphatic heterocycles. The second-order valence-corrected chi connectivity index (χ2v) is 6.58. The van der Waals surface area contributed by atoms with Gasteiger partial charge in [0.05, 0.1) is 26.8 Å². The summed E-state index contributed by atoms with van der Waals surface area (Å²) in [5.41, 5.74) is 2.03. The highest BCUT2D eigenvalue weighted by molar-refractivity contribution is 5.84. The largest absolute Gasteiger partial charge is 0.493 e. The Kier molecular flexibility index (Phi) is 7.87. The number of nitrogens with zero attached hydrogens (tertiary/aromatic N) is 1. The summed E-state index contributed by atoms with van der Waals surface area (Å²) in [5, 5.41) is 2.94. The molecule has 1 atom stereocenters. The third-order valence-corrected chi connectivity index (χ3v) is 4.58. The molecule has 0 spiro atoms. The SMILES string of the molecule is COc1ccc(CCN(CC(=O)NC(C)c2ccccc2)C(C)=O)cc1OC. The Balaban J connectivity index is 1.94. The average Bonchev–Trinajstić information content (AvgIpc) is 2.71. The molecule has 6 nitrogen and oxygen atoms in total. The third kappa shape index (κ3) is 6.01. The maximum Gasteiger partial charge on any atom is 0.240 e. The topological polar surface area (TPSA) is 67.9 Å². The highest BCUT2D eigenvalue weighted by atomic mass is 16.5. The fourth-order valence-corrected chi connectivity index (χ4v) is 2.93. The second-order valence-electron chi connectivity index (χ2n) is 6.58. The van der Waals surface area contributed by atoms with E-state index in [1.807, 2.05) is 55.5 Å². The first-order valence-corrected chi connectivity index (χ1v) is 9.25. The molecule has 0 saturated carbocycles. The van der Waals surface area contributed by atoms with Gasteiger partial charge in [-0.25, -0.2) is 0 Å². The summed E-state index contributed by atoms with van der Waals surface area (Å²) in [6.07, 6.45) is 0.613. The van der Waals surface area contributed by atoms with Gasteiger partial charge in [-0.2, -0.15) is 0 Å². The monoisotopic (exact) mass is 384 g/mol. The van der Waals surface area contributed by atoms with Gasteiger partial charge in [-0.1, -0.05) is 36.4 Å². The molecule has 2 rings (SSSR count). The van der Waals surface area contributed by atoms with Crippen LogP contribution in [0.3, 0.4) is 0 Å². The summed E-state index contributed by atoms with van der Waals surface area (Å²) in [7, 11) is 3.17. The van der Waals surface area contributed by atoms with Gasteiger partial charge in [-0.15, -0.1) is 0 Å². The maximum atomic E-state index is 12.4. The van der Waals surface area contributed by atoms with Gasteiger partial charge in [-0.3, -0.25) is 9.59 Å². The maximum absolute atomic E-state index is 12.4. The van der Waals surface area contributed by atoms with Crippen LogP contribution in [-0.2, 0) is 16.0 Å².